The van der Waals surface area contributed by atoms with Gasteiger partial charge in [-0.1, -0.05) is 6.07 Å². The van der Waals surface area contributed by atoms with E-state index in [0.717, 1.165) is 25.1 Å². The highest BCUT2D eigenvalue weighted by molar-refractivity contribution is 5.82. The molecule has 0 saturated carbocycles. The Kier molecular flexibility index (Phi) is 6.57. The minimum absolute atomic E-state index is 0.0769. The van der Waals surface area contributed by atoms with E-state index in [4.69, 9.17) is 4.74 Å². The van der Waals surface area contributed by atoms with E-state index in [1.807, 2.05) is 39.9 Å². The SMILES string of the molecule is CN(CC(=O)N1CCC[C@H](C(=O)N2CCOCC2)C1)Cc1ccccn1. The van der Waals surface area contributed by atoms with Crippen molar-refractivity contribution in [3.05, 3.63) is 30.1 Å². The fourth-order valence-corrected chi connectivity index (χ4v) is 3.60. The van der Waals surface area contributed by atoms with Crippen molar-refractivity contribution in [1.29, 1.82) is 0 Å². The Morgan fingerprint density at radius 1 is 1.23 bits per heavy atom. The van der Waals surface area contributed by atoms with E-state index in [0.29, 0.717) is 45.9 Å². The molecule has 0 N–H and O–H groups in total. The molecule has 2 aliphatic heterocycles. The maximum absolute atomic E-state index is 12.7. The van der Waals surface area contributed by atoms with E-state index >= 15 is 0 Å². The molecule has 3 rings (SSSR count). The van der Waals surface area contributed by atoms with Gasteiger partial charge < -0.3 is 14.5 Å². The number of carbonyl (C=O) groups excluding carboxylic acids is 2. The predicted octanol–water partition coefficient (Wildman–Crippen LogP) is 0.611. The molecule has 2 fully saturated rings. The van der Waals surface area contributed by atoms with Gasteiger partial charge in [-0.15, -0.1) is 0 Å². The second-order valence-corrected chi connectivity index (χ2v) is 7.11. The molecule has 0 radical (unpaired) electrons. The highest BCUT2D eigenvalue weighted by atomic mass is 16.5. The van der Waals surface area contributed by atoms with Crippen molar-refractivity contribution in [2.75, 3.05) is 53.0 Å². The van der Waals surface area contributed by atoms with Crippen LogP contribution in [0.3, 0.4) is 0 Å². The van der Waals surface area contributed by atoms with Crippen LogP contribution in [-0.2, 0) is 20.9 Å². The molecule has 0 aromatic carbocycles. The van der Waals surface area contributed by atoms with Crippen molar-refractivity contribution >= 4 is 11.8 Å². The summed E-state index contributed by atoms with van der Waals surface area (Å²) < 4.78 is 5.32. The third-order valence-electron chi connectivity index (χ3n) is 5.01. The molecule has 1 atom stereocenters. The lowest BCUT2D eigenvalue weighted by molar-refractivity contribution is -0.144. The van der Waals surface area contributed by atoms with Crippen molar-refractivity contribution in [2.24, 2.45) is 5.92 Å². The lowest BCUT2D eigenvalue weighted by Gasteiger charge is -2.36. The molecule has 26 heavy (non-hydrogen) atoms. The average molecular weight is 360 g/mol. The average Bonchev–Trinajstić information content (AvgIpc) is 2.69. The number of nitrogens with zero attached hydrogens (tertiary/aromatic N) is 4. The fraction of sp³-hybridized carbons (Fsp3) is 0.632. The van der Waals surface area contributed by atoms with Crippen LogP contribution in [0.2, 0.25) is 0 Å². The summed E-state index contributed by atoms with van der Waals surface area (Å²) in [6.07, 6.45) is 3.51. The van der Waals surface area contributed by atoms with Gasteiger partial charge in [-0.3, -0.25) is 19.5 Å². The third kappa shape index (κ3) is 5.02. The molecule has 0 aliphatic carbocycles. The first-order chi connectivity index (χ1) is 12.6. The molecule has 3 heterocycles. The zero-order chi connectivity index (χ0) is 18.4. The van der Waals surface area contributed by atoms with Crippen LogP contribution in [0.15, 0.2) is 24.4 Å². The Bertz CT molecular complexity index is 604. The number of hydrogen-bond donors (Lipinski definition) is 0. The molecule has 142 valence electrons. The molecule has 1 aromatic rings. The van der Waals surface area contributed by atoms with Gasteiger partial charge in [0, 0.05) is 38.9 Å². The van der Waals surface area contributed by atoms with Gasteiger partial charge in [0.25, 0.3) is 0 Å². The normalized spacial score (nSPS) is 21.1. The van der Waals surface area contributed by atoms with Crippen molar-refractivity contribution < 1.29 is 14.3 Å². The number of morpholine rings is 1. The summed E-state index contributed by atoms with van der Waals surface area (Å²) in [5.41, 5.74) is 0.946. The van der Waals surface area contributed by atoms with Crippen LogP contribution in [0.4, 0.5) is 0 Å². The van der Waals surface area contributed by atoms with E-state index in [9.17, 15) is 9.59 Å². The first-order valence-electron chi connectivity index (χ1n) is 9.36. The summed E-state index contributed by atoms with van der Waals surface area (Å²) in [6.45, 7) is 4.80. The van der Waals surface area contributed by atoms with Crippen molar-refractivity contribution in [3.63, 3.8) is 0 Å². The zero-order valence-electron chi connectivity index (χ0n) is 15.5. The van der Waals surface area contributed by atoms with Crippen LogP contribution in [0.5, 0.6) is 0 Å². The summed E-state index contributed by atoms with van der Waals surface area (Å²) in [4.78, 5) is 35.4. The largest absolute Gasteiger partial charge is 0.378 e. The molecule has 7 heteroatoms. The number of amides is 2. The first kappa shape index (κ1) is 18.8. The monoisotopic (exact) mass is 360 g/mol. The zero-order valence-corrected chi connectivity index (χ0v) is 15.5. The molecular weight excluding hydrogens is 332 g/mol. The number of piperidine rings is 1. The molecule has 2 amide bonds. The Labute approximate surface area is 154 Å². The van der Waals surface area contributed by atoms with Gasteiger partial charge in [0.1, 0.15) is 0 Å². The van der Waals surface area contributed by atoms with Gasteiger partial charge >= 0.3 is 0 Å². The first-order valence-corrected chi connectivity index (χ1v) is 9.36. The molecular formula is C19H28N4O3. The Balaban J connectivity index is 1.50. The number of carbonyl (C=O) groups is 2. The maximum atomic E-state index is 12.7. The molecule has 0 unspecified atom stereocenters. The van der Waals surface area contributed by atoms with E-state index < -0.39 is 0 Å². The Hall–Kier alpha value is -1.99. The number of rotatable bonds is 5. The smallest absolute Gasteiger partial charge is 0.236 e. The summed E-state index contributed by atoms with van der Waals surface area (Å²) in [7, 11) is 1.92. The van der Waals surface area contributed by atoms with Crippen LogP contribution in [0, 0.1) is 5.92 Å². The number of hydrogen-bond acceptors (Lipinski definition) is 5. The molecule has 0 bridgehead atoms. The predicted molar refractivity (Wildman–Crippen MR) is 97.3 cm³/mol. The maximum Gasteiger partial charge on any atom is 0.236 e. The van der Waals surface area contributed by atoms with E-state index in [1.165, 1.54) is 0 Å². The van der Waals surface area contributed by atoms with Gasteiger partial charge in [0.2, 0.25) is 11.8 Å². The minimum Gasteiger partial charge on any atom is -0.378 e. The van der Waals surface area contributed by atoms with Gasteiger partial charge in [0.05, 0.1) is 31.4 Å². The summed E-state index contributed by atoms with van der Waals surface area (Å²) in [5, 5.41) is 0. The molecule has 7 nitrogen and oxygen atoms in total. The molecule has 2 saturated heterocycles. The van der Waals surface area contributed by atoms with E-state index in [1.54, 1.807) is 6.20 Å². The third-order valence-corrected chi connectivity index (χ3v) is 5.01. The highest BCUT2D eigenvalue weighted by Gasteiger charge is 2.32. The van der Waals surface area contributed by atoms with Crippen LogP contribution in [0.25, 0.3) is 0 Å². The van der Waals surface area contributed by atoms with Crippen LogP contribution < -0.4 is 0 Å². The fourth-order valence-electron chi connectivity index (χ4n) is 3.60. The van der Waals surface area contributed by atoms with Crippen LogP contribution >= 0.6 is 0 Å². The molecule has 2 aliphatic rings. The number of ether oxygens (including phenoxy) is 1. The lowest BCUT2D eigenvalue weighted by Crippen LogP contribution is -2.50. The second kappa shape index (κ2) is 9.09. The lowest BCUT2D eigenvalue weighted by atomic mass is 9.96. The summed E-state index contributed by atoms with van der Waals surface area (Å²) in [5.74, 6) is 0.183. The Morgan fingerprint density at radius 2 is 2.04 bits per heavy atom. The topological polar surface area (TPSA) is 66.0 Å². The van der Waals surface area contributed by atoms with Gasteiger partial charge in [-0.2, -0.15) is 0 Å². The number of pyridine rings is 1. The van der Waals surface area contributed by atoms with E-state index in [2.05, 4.69) is 4.98 Å². The standard InChI is InChI=1S/C19H28N4O3/c1-21(14-17-6-2-3-7-20-17)15-18(24)23-8-4-5-16(13-23)19(25)22-9-11-26-12-10-22/h2-3,6-7,16H,4-5,8-15H2,1H3/t16-/m0/s1. The van der Waals surface area contributed by atoms with Crippen molar-refractivity contribution in [3.8, 4) is 0 Å². The van der Waals surface area contributed by atoms with Crippen molar-refractivity contribution in [2.45, 2.75) is 19.4 Å². The van der Waals surface area contributed by atoms with E-state index in [-0.39, 0.29) is 17.7 Å². The van der Waals surface area contributed by atoms with Crippen LogP contribution in [-0.4, -0.2) is 84.5 Å². The van der Waals surface area contributed by atoms with Crippen molar-refractivity contribution in [1.82, 2.24) is 19.7 Å². The number of aromatic nitrogens is 1. The second-order valence-electron chi connectivity index (χ2n) is 7.11. The quantitative estimate of drug-likeness (QED) is 0.770. The number of likely N-dealkylation sites (tertiary alicyclic amines) is 1. The number of likely N-dealkylation sites (N-methyl/N-ethyl adjacent to an activating group) is 1. The molecule has 1 aromatic heterocycles. The van der Waals surface area contributed by atoms with Crippen LogP contribution in [0.1, 0.15) is 18.5 Å². The minimum atomic E-state index is -0.0769. The summed E-state index contributed by atoms with van der Waals surface area (Å²) >= 11 is 0. The highest BCUT2D eigenvalue weighted by Crippen LogP contribution is 2.20. The van der Waals surface area contributed by atoms with Gasteiger partial charge in [0.15, 0.2) is 0 Å². The summed E-state index contributed by atoms with van der Waals surface area (Å²) in [6, 6.07) is 5.79. The van der Waals surface area contributed by atoms with Gasteiger partial charge in [-0.05, 0) is 32.0 Å². The Morgan fingerprint density at radius 3 is 2.77 bits per heavy atom. The van der Waals surface area contributed by atoms with Gasteiger partial charge in [-0.25, -0.2) is 0 Å². The molecule has 0 spiro atoms.